The van der Waals surface area contributed by atoms with Crippen molar-refractivity contribution in [2.24, 2.45) is 10.5 Å². The molecule has 3 aliphatic heterocycles. The lowest BCUT2D eigenvalue weighted by atomic mass is 9.61. The minimum Gasteiger partial charge on any atom is -0.384 e. The van der Waals surface area contributed by atoms with Gasteiger partial charge in [0.05, 0.1) is 35.6 Å². The Kier molecular flexibility index (Phi) is 26.1. The van der Waals surface area contributed by atoms with Crippen LogP contribution in [-0.4, -0.2) is 277 Å². The predicted molar refractivity (Wildman–Crippen MR) is 313 cm³/mol. The van der Waals surface area contributed by atoms with E-state index in [1.54, 1.807) is 0 Å². The summed E-state index contributed by atoms with van der Waals surface area (Å²) in [6, 6.07) is 0. The van der Waals surface area contributed by atoms with Gasteiger partial charge in [0.1, 0.15) is 18.3 Å². The summed E-state index contributed by atoms with van der Waals surface area (Å²) in [5, 5.41) is 134. The van der Waals surface area contributed by atoms with Crippen molar-refractivity contribution in [2.75, 3.05) is 46.2 Å². The van der Waals surface area contributed by atoms with E-state index in [0.29, 0.717) is 76.8 Å². The van der Waals surface area contributed by atoms with Gasteiger partial charge in [0.2, 0.25) is 0 Å². The van der Waals surface area contributed by atoms with Gasteiger partial charge in [-0.1, -0.05) is 5.11 Å². The van der Waals surface area contributed by atoms with Crippen LogP contribution < -0.4 is 0 Å². The lowest BCUT2D eigenvalue weighted by molar-refractivity contribution is -0.235. The van der Waals surface area contributed by atoms with E-state index >= 15 is 0 Å². The molecule has 3 fully saturated rings. The average Bonchev–Trinajstić information content (AvgIpc) is 0.709. The number of aliphatic hydroxyl groups excluding tert-OH is 3. The van der Waals surface area contributed by atoms with Gasteiger partial charge in [-0.2, -0.15) is 0 Å². The van der Waals surface area contributed by atoms with Gasteiger partial charge >= 0.3 is 0 Å². The Morgan fingerprint density at radius 3 is 0.787 bits per heavy atom. The third kappa shape index (κ3) is 13.0. The number of thioether (sulfide) groups is 3. The highest BCUT2D eigenvalue weighted by atomic mass is 32.2. The first-order chi connectivity index (χ1) is 40.7. The molecule has 0 aromatic rings. The number of hydrogen-bond donors (Lipinski definition) is 12. The van der Waals surface area contributed by atoms with Crippen LogP contribution >= 0.6 is 35.3 Å². The summed E-state index contributed by atoms with van der Waals surface area (Å²) in [5.41, 5.74) is -22.9. The van der Waals surface area contributed by atoms with Crippen molar-refractivity contribution < 1.29 is 133 Å². The minimum absolute atomic E-state index is 0.229. The molecule has 0 saturated carbocycles. The number of aliphatic hydroxyl groups is 12. The Labute approximate surface area is 524 Å². The second kappa shape index (κ2) is 29.4. The van der Waals surface area contributed by atoms with E-state index in [0.717, 1.165) is 41.5 Å². The molecule has 0 bridgehead atoms. The van der Waals surface area contributed by atoms with Gasteiger partial charge in [-0.15, -0.1) is 35.3 Å². The van der Waals surface area contributed by atoms with Crippen LogP contribution in [0.5, 0.6) is 0 Å². The summed E-state index contributed by atoms with van der Waals surface area (Å²) < 4.78 is 18.2. The Balaban J connectivity index is 2.09. The summed E-state index contributed by atoms with van der Waals surface area (Å²) in [7, 11) is 0. The maximum absolute atomic E-state index is 13.4. The number of carbonyl (C=O) groups is 12. The molecule has 0 aromatic heterocycles. The second-order valence-electron chi connectivity index (χ2n) is 23.5. The summed E-state index contributed by atoms with van der Waals surface area (Å²) in [6.07, 6.45) is -8.65. The van der Waals surface area contributed by atoms with Crippen molar-refractivity contribution in [3.63, 3.8) is 0 Å². The van der Waals surface area contributed by atoms with Crippen LogP contribution in [0.25, 0.3) is 10.4 Å². The standard InChI is InChI=1S/C56H83N3O27S3/c1-26(60)41(72)44-51(78,32(7)66)54(81,35(10)69)48(75,29(4)63)38(87-44)16-13-19-84-23-47(22-58-59-57,24-85-20-14-17-39-49(76,30(5)64)55(82,36(11)70)52(79,33(8)67)45(88-39)42(73)27(2)61)25-86-21-15-18-40-50(77,31(6)65)56(83,37(12)71)53(80,34(9)68)46(89-40)43(74)28(3)62/h38-46,72-83H,13-25H2,1-12H3/t38-,39-,40-,41?,42?,43?,44+,45+,46+,47?,48-,49-,50+,51-,52-,53-,54-,55-,56-/m1/s1. The molecule has 12 N–H and O–H groups in total. The summed E-state index contributed by atoms with van der Waals surface area (Å²) in [4.78, 5) is 160. The van der Waals surface area contributed by atoms with Crippen LogP contribution in [0.4, 0.5) is 0 Å². The molecule has 0 aliphatic carbocycles. The van der Waals surface area contributed by atoms with Crippen molar-refractivity contribution in [1.29, 1.82) is 0 Å². The number of ether oxygens (including phenoxy) is 3. The fourth-order valence-electron chi connectivity index (χ4n) is 12.5. The van der Waals surface area contributed by atoms with Crippen molar-refractivity contribution in [2.45, 2.75) is 222 Å². The maximum Gasteiger partial charge on any atom is 0.196 e. The first-order valence-electron chi connectivity index (χ1n) is 28.1. The second-order valence-corrected chi connectivity index (χ2v) is 27.6. The topological polar surface area (TPSA) is 524 Å². The van der Waals surface area contributed by atoms with Crippen LogP contribution in [0.2, 0.25) is 0 Å². The molecule has 3 heterocycles. The molecule has 0 spiro atoms. The molecular weight excluding hydrogens is 1240 g/mol. The average molecular weight is 1330 g/mol. The maximum atomic E-state index is 13.4. The molecule has 502 valence electrons. The normalized spacial score (nSPS) is 36.2. The van der Waals surface area contributed by atoms with E-state index in [4.69, 9.17) is 14.2 Å². The number of rotatable bonds is 35. The molecule has 18 atom stereocenters. The predicted octanol–water partition coefficient (Wildman–Crippen LogP) is -3.14. The fourth-order valence-corrected chi connectivity index (χ4v) is 18.7. The Morgan fingerprint density at radius 2 is 0.618 bits per heavy atom. The van der Waals surface area contributed by atoms with Gasteiger partial charge in [0.15, 0.2) is 120 Å². The molecule has 89 heavy (non-hydrogen) atoms. The van der Waals surface area contributed by atoms with Gasteiger partial charge in [0.25, 0.3) is 0 Å². The van der Waals surface area contributed by atoms with Crippen molar-refractivity contribution in [3.8, 4) is 0 Å². The van der Waals surface area contributed by atoms with E-state index in [1.807, 2.05) is 0 Å². The zero-order chi connectivity index (χ0) is 69.0. The molecule has 30 nitrogen and oxygen atoms in total. The van der Waals surface area contributed by atoms with Crippen LogP contribution in [-0.2, 0) is 71.7 Å². The molecule has 3 saturated heterocycles. The molecule has 3 unspecified atom stereocenters. The number of carbonyl (C=O) groups excluding carboxylic acids is 12. The van der Waals surface area contributed by atoms with Crippen LogP contribution in [0.1, 0.15) is 122 Å². The Hall–Kier alpha value is -4.20. The molecule has 0 aromatic carbocycles. The van der Waals surface area contributed by atoms with Gasteiger partial charge in [-0.3, -0.25) is 57.5 Å². The Bertz CT molecular complexity index is 2580. The number of azide groups is 1. The summed E-state index contributed by atoms with van der Waals surface area (Å²) >= 11 is 1.14. The van der Waals surface area contributed by atoms with E-state index < -0.39 is 221 Å². The minimum atomic E-state index is -3.64. The largest absolute Gasteiger partial charge is 0.384 e. The number of hydrogen-bond acceptors (Lipinski definition) is 31. The lowest BCUT2D eigenvalue weighted by Gasteiger charge is -2.58. The lowest BCUT2D eigenvalue weighted by Crippen LogP contribution is -2.85. The SMILES string of the molecule is CC(=O)C(O)[C@@H]1S[C@H](CCCOCC(CN=[N+]=[N-])(COCCC[C@H]2S[C@@H](C(O)C(C)=O)[C@](O)(C(C)=O)[C@@](O)(C(C)=O)[C@@]2(O)C(C)=O)COCCC[C@H]2S[C@@H](C(O)C(C)=O)[C@](O)(C(C)=O)[C@@](O)(C(C)=O)[C@]2(O)C(C)=O)[C@](O)(C(C)=O)[C@](O)(C(C)=O)[C@@]1(O)C(C)=O. The highest BCUT2D eigenvalue weighted by molar-refractivity contribution is 8.01. The zero-order valence-electron chi connectivity index (χ0n) is 51.4. The van der Waals surface area contributed by atoms with E-state index in [9.17, 15) is 124 Å². The molecule has 0 amide bonds. The summed E-state index contributed by atoms with van der Waals surface area (Å²) in [6.45, 7) is 5.87. The molecular formula is C56H83N3O27S3. The zero-order valence-corrected chi connectivity index (χ0v) is 53.9. The molecule has 0 radical (unpaired) electrons. The van der Waals surface area contributed by atoms with Crippen LogP contribution in [0.15, 0.2) is 5.11 Å². The first kappa shape index (κ1) is 79.0. The third-order valence-electron chi connectivity index (χ3n) is 17.7. The van der Waals surface area contributed by atoms with Crippen molar-refractivity contribution >= 4 is 105 Å². The Morgan fingerprint density at radius 1 is 0.404 bits per heavy atom. The van der Waals surface area contributed by atoms with Crippen LogP contribution in [0.3, 0.4) is 0 Å². The quantitative estimate of drug-likeness (QED) is 0.0129. The van der Waals surface area contributed by atoms with Gasteiger partial charge < -0.3 is 75.5 Å². The number of ketones is 12. The summed E-state index contributed by atoms with van der Waals surface area (Å²) in [5.74, 6) is -15.5. The highest BCUT2D eigenvalue weighted by Gasteiger charge is 2.81. The van der Waals surface area contributed by atoms with Gasteiger partial charge in [0, 0.05) is 52.4 Å². The van der Waals surface area contributed by atoms with E-state index in [2.05, 4.69) is 10.0 Å². The third-order valence-corrected chi connectivity index (χ3v) is 23.1. The van der Waals surface area contributed by atoms with Crippen LogP contribution in [0, 0.1) is 5.41 Å². The van der Waals surface area contributed by atoms with Gasteiger partial charge in [-0.05, 0) is 127 Å². The first-order valence-corrected chi connectivity index (χ1v) is 30.9. The highest BCUT2D eigenvalue weighted by Crippen LogP contribution is 2.58. The number of nitrogens with zero attached hydrogens (tertiary/aromatic N) is 3. The fraction of sp³-hybridized carbons (Fsp3) is 0.786. The van der Waals surface area contributed by atoms with E-state index in [1.165, 1.54) is 0 Å². The number of Topliss-reactive ketones (excluding diaryl/α,β-unsaturated/α-hetero) is 12. The monoisotopic (exact) mass is 1330 g/mol. The molecule has 3 aliphatic rings. The van der Waals surface area contributed by atoms with Crippen molar-refractivity contribution in [1.82, 2.24) is 0 Å². The van der Waals surface area contributed by atoms with Crippen molar-refractivity contribution in [3.05, 3.63) is 10.4 Å². The molecule has 3 rings (SSSR count). The smallest absolute Gasteiger partial charge is 0.196 e. The van der Waals surface area contributed by atoms with Gasteiger partial charge in [-0.25, -0.2) is 0 Å². The molecule has 33 heteroatoms. The van der Waals surface area contributed by atoms with E-state index in [-0.39, 0.29) is 39.1 Å².